The molecule has 0 saturated carbocycles. The number of halogens is 1. The SMILES string of the molecule is Cl.O=C1CC(C(=O)Nc2ccc3c(c2)CNCC3)CN1. The number of amides is 2. The van der Waals surface area contributed by atoms with Crippen molar-refractivity contribution in [1.29, 1.82) is 0 Å². The second-order valence-electron chi connectivity index (χ2n) is 5.10. The van der Waals surface area contributed by atoms with E-state index in [9.17, 15) is 9.59 Å². The lowest BCUT2D eigenvalue weighted by Gasteiger charge is -2.18. The Hall–Kier alpha value is -1.59. The molecule has 1 aromatic rings. The quantitative estimate of drug-likeness (QED) is 0.757. The topological polar surface area (TPSA) is 70.2 Å². The van der Waals surface area contributed by atoms with E-state index < -0.39 is 0 Å². The lowest BCUT2D eigenvalue weighted by molar-refractivity contribution is -0.123. The molecule has 1 aromatic carbocycles. The summed E-state index contributed by atoms with van der Waals surface area (Å²) in [6.07, 6.45) is 1.32. The first-order valence-corrected chi connectivity index (χ1v) is 6.62. The Labute approximate surface area is 123 Å². The van der Waals surface area contributed by atoms with Gasteiger partial charge in [0.2, 0.25) is 11.8 Å². The number of anilines is 1. The first-order valence-electron chi connectivity index (χ1n) is 6.62. The van der Waals surface area contributed by atoms with Crippen LogP contribution in [0, 0.1) is 5.92 Å². The van der Waals surface area contributed by atoms with Crippen LogP contribution in [0.5, 0.6) is 0 Å². The standard InChI is InChI=1S/C14H17N3O2.ClH/c18-13-6-11(8-16-13)14(19)17-12-2-1-9-3-4-15-7-10(9)5-12;/h1-2,5,11,15H,3-4,6-8H2,(H,16,18)(H,17,19);1H. The molecule has 2 heterocycles. The fourth-order valence-electron chi connectivity index (χ4n) is 2.59. The molecule has 1 saturated heterocycles. The first kappa shape index (κ1) is 14.8. The second kappa shape index (κ2) is 6.24. The van der Waals surface area contributed by atoms with Crippen LogP contribution in [0.3, 0.4) is 0 Å². The Morgan fingerprint density at radius 3 is 2.90 bits per heavy atom. The van der Waals surface area contributed by atoms with Crippen LogP contribution in [0.15, 0.2) is 18.2 Å². The molecule has 0 aliphatic carbocycles. The van der Waals surface area contributed by atoms with Gasteiger partial charge in [0.05, 0.1) is 5.92 Å². The van der Waals surface area contributed by atoms with Crippen LogP contribution in [-0.2, 0) is 22.6 Å². The largest absolute Gasteiger partial charge is 0.355 e. The minimum Gasteiger partial charge on any atom is -0.355 e. The molecule has 2 amide bonds. The Bertz CT molecular complexity index is 533. The summed E-state index contributed by atoms with van der Waals surface area (Å²) in [7, 11) is 0. The Balaban J connectivity index is 0.00000147. The van der Waals surface area contributed by atoms with E-state index in [0.29, 0.717) is 13.0 Å². The van der Waals surface area contributed by atoms with Crippen LogP contribution in [0.4, 0.5) is 5.69 Å². The van der Waals surface area contributed by atoms with Gasteiger partial charge in [-0.25, -0.2) is 0 Å². The van der Waals surface area contributed by atoms with Crippen molar-refractivity contribution in [2.75, 3.05) is 18.4 Å². The van der Waals surface area contributed by atoms with Crippen LogP contribution >= 0.6 is 12.4 Å². The van der Waals surface area contributed by atoms with Crippen molar-refractivity contribution in [2.24, 2.45) is 5.92 Å². The van der Waals surface area contributed by atoms with E-state index in [1.54, 1.807) is 0 Å². The van der Waals surface area contributed by atoms with Gasteiger partial charge in [-0.2, -0.15) is 0 Å². The van der Waals surface area contributed by atoms with Gasteiger partial charge in [0.1, 0.15) is 0 Å². The van der Waals surface area contributed by atoms with Crippen molar-refractivity contribution in [2.45, 2.75) is 19.4 Å². The van der Waals surface area contributed by atoms with E-state index in [4.69, 9.17) is 0 Å². The number of carbonyl (C=O) groups excluding carboxylic acids is 2. The minimum atomic E-state index is -0.248. The average Bonchev–Trinajstić information content (AvgIpc) is 2.85. The van der Waals surface area contributed by atoms with Gasteiger partial charge in [0.15, 0.2) is 0 Å². The van der Waals surface area contributed by atoms with E-state index in [0.717, 1.165) is 25.2 Å². The number of hydrogen-bond acceptors (Lipinski definition) is 3. The maximum atomic E-state index is 12.0. The smallest absolute Gasteiger partial charge is 0.229 e. The Morgan fingerprint density at radius 1 is 1.30 bits per heavy atom. The Morgan fingerprint density at radius 2 is 2.15 bits per heavy atom. The molecule has 6 heteroatoms. The third kappa shape index (κ3) is 3.11. The zero-order valence-electron chi connectivity index (χ0n) is 11.1. The monoisotopic (exact) mass is 295 g/mol. The van der Waals surface area contributed by atoms with Gasteiger partial charge < -0.3 is 16.0 Å². The van der Waals surface area contributed by atoms with Crippen LogP contribution in [0.25, 0.3) is 0 Å². The molecule has 3 rings (SSSR count). The molecule has 1 atom stereocenters. The normalized spacial score (nSPS) is 20.6. The van der Waals surface area contributed by atoms with E-state index >= 15 is 0 Å². The van der Waals surface area contributed by atoms with Crippen molar-refractivity contribution >= 4 is 29.9 Å². The predicted octanol–water partition coefficient (Wildman–Crippen LogP) is 0.829. The molecule has 0 bridgehead atoms. The van der Waals surface area contributed by atoms with Gasteiger partial charge in [-0.1, -0.05) is 6.07 Å². The molecule has 108 valence electrons. The number of fused-ring (bicyclic) bond motifs is 1. The van der Waals surface area contributed by atoms with E-state index in [2.05, 4.69) is 22.0 Å². The maximum absolute atomic E-state index is 12.0. The predicted molar refractivity (Wildman–Crippen MR) is 78.8 cm³/mol. The van der Waals surface area contributed by atoms with Crippen LogP contribution in [0.2, 0.25) is 0 Å². The molecule has 3 N–H and O–H groups in total. The number of nitrogens with one attached hydrogen (secondary N) is 3. The highest BCUT2D eigenvalue weighted by molar-refractivity contribution is 5.97. The van der Waals surface area contributed by atoms with Crippen LogP contribution in [0.1, 0.15) is 17.5 Å². The second-order valence-corrected chi connectivity index (χ2v) is 5.10. The van der Waals surface area contributed by atoms with Gasteiger partial charge in [0, 0.05) is 25.2 Å². The van der Waals surface area contributed by atoms with Crippen molar-refractivity contribution in [1.82, 2.24) is 10.6 Å². The van der Waals surface area contributed by atoms with Crippen molar-refractivity contribution in [3.63, 3.8) is 0 Å². The summed E-state index contributed by atoms with van der Waals surface area (Å²) >= 11 is 0. The molecule has 0 radical (unpaired) electrons. The highest BCUT2D eigenvalue weighted by Crippen LogP contribution is 2.20. The van der Waals surface area contributed by atoms with Gasteiger partial charge in [-0.3, -0.25) is 9.59 Å². The zero-order chi connectivity index (χ0) is 13.2. The molecule has 2 aliphatic rings. The molecule has 2 aliphatic heterocycles. The van der Waals surface area contributed by atoms with Gasteiger partial charge in [-0.15, -0.1) is 12.4 Å². The average molecular weight is 296 g/mol. The van der Waals surface area contributed by atoms with Crippen molar-refractivity contribution in [3.8, 4) is 0 Å². The summed E-state index contributed by atoms with van der Waals surface area (Å²) in [5, 5.41) is 8.89. The summed E-state index contributed by atoms with van der Waals surface area (Å²) in [6, 6.07) is 6.03. The third-order valence-corrected chi connectivity index (χ3v) is 3.71. The molecule has 5 nitrogen and oxygen atoms in total. The molecular formula is C14H18ClN3O2. The van der Waals surface area contributed by atoms with Crippen molar-refractivity contribution < 1.29 is 9.59 Å². The molecule has 1 unspecified atom stereocenters. The number of rotatable bonds is 2. The molecule has 20 heavy (non-hydrogen) atoms. The summed E-state index contributed by atoms with van der Waals surface area (Å²) in [5.41, 5.74) is 3.39. The van der Waals surface area contributed by atoms with Crippen molar-refractivity contribution in [3.05, 3.63) is 29.3 Å². The fourth-order valence-corrected chi connectivity index (χ4v) is 2.59. The molecule has 0 spiro atoms. The van der Waals surface area contributed by atoms with Gasteiger partial charge in [0.25, 0.3) is 0 Å². The third-order valence-electron chi connectivity index (χ3n) is 3.71. The van der Waals surface area contributed by atoms with E-state index in [1.807, 2.05) is 12.1 Å². The highest BCUT2D eigenvalue weighted by atomic mass is 35.5. The molecular weight excluding hydrogens is 278 g/mol. The summed E-state index contributed by atoms with van der Waals surface area (Å²) < 4.78 is 0. The molecule has 0 aromatic heterocycles. The number of carbonyl (C=O) groups is 2. The summed E-state index contributed by atoms with van der Waals surface area (Å²) in [5.74, 6) is -0.376. The first-order chi connectivity index (χ1) is 9.22. The number of hydrogen-bond donors (Lipinski definition) is 3. The van der Waals surface area contributed by atoms with E-state index in [1.165, 1.54) is 11.1 Å². The summed E-state index contributed by atoms with van der Waals surface area (Å²) in [6.45, 7) is 2.30. The van der Waals surface area contributed by atoms with E-state index in [-0.39, 0.29) is 30.1 Å². The lowest BCUT2D eigenvalue weighted by Crippen LogP contribution is -2.26. The lowest BCUT2D eigenvalue weighted by atomic mass is 10.00. The summed E-state index contributed by atoms with van der Waals surface area (Å²) in [4.78, 5) is 23.1. The van der Waals surface area contributed by atoms with Gasteiger partial charge in [-0.05, 0) is 36.2 Å². The fraction of sp³-hybridized carbons (Fsp3) is 0.429. The zero-order valence-corrected chi connectivity index (χ0v) is 11.9. The maximum Gasteiger partial charge on any atom is 0.229 e. The highest BCUT2D eigenvalue weighted by Gasteiger charge is 2.27. The van der Waals surface area contributed by atoms with Crippen LogP contribution < -0.4 is 16.0 Å². The molecule has 1 fully saturated rings. The minimum absolute atomic E-state index is 0. The van der Waals surface area contributed by atoms with Crippen LogP contribution in [-0.4, -0.2) is 24.9 Å². The van der Waals surface area contributed by atoms with Gasteiger partial charge >= 0.3 is 0 Å². The Kier molecular flexibility index (Phi) is 4.62. The number of benzene rings is 1.